The third-order valence-electron chi connectivity index (χ3n) is 5.56. The largest absolute Gasteiger partial charge is 0.443 e. The van der Waals surface area contributed by atoms with Crippen molar-refractivity contribution >= 4 is 22.3 Å². The molecule has 0 atom stereocenters. The molecule has 0 aromatic rings. The van der Waals surface area contributed by atoms with E-state index in [0.717, 1.165) is 11.2 Å². The lowest BCUT2D eigenvalue weighted by atomic mass is 10.2. The van der Waals surface area contributed by atoms with Crippen LogP contribution in [0.15, 0.2) is 0 Å². The van der Waals surface area contributed by atoms with E-state index in [0.29, 0.717) is 112 Å². The van der Waals surface area contributed by atoms with E-state index in [1.54, 1.807) is 41.5 Å². The van der Waals surface area contributed by atoms with Gasteiger partial charge in [0.05, 0.1) is 152 Å². The Bertz CT molecular complexity index is 945. The molecule has 0 bridgehead atoms. The van der Waals surface area contributed by atoms with E-state index in [1.165, 1.54) is 0 Å². The van der Waals surface area contributed by atoms with E-state index in [4.69, 9.17) is 56.8 Å². The number of hydrogen-bond acceptors (Lipinski definition) is 17. The van der Waals surface area contributed by atoms with Gasteiger partial charge >= 0.3 is 12.2 Å². The fourth-order valence-electron chi connectivity index (χ4n) is 3.37. The summed E-state index contributed by atoms with van der Waals surface area (Å²) >= 11 is 0. The molecule has 0 aliphatic rings. The topological polar surface area (TPSA) is 192 Å². The summed E-state index contributed by atoms with van der Waals surface area (Å²) in [5.41, 5.74) is -1.52. The first kappa shape index (κ1) is 50.2. The van der Waals surface area contributed by atoms with Crippen molar-refractivity contribution in [2.45, 2.75) is 52.7 Å². The van der Waals surface area contributed by atoms with Crippen LogP contribution in [0.2, 0.25) is 0 Å². The Labute approximate surface area is 310 Å². The van der Waals surface area contributed by atoms with Crippen molar-refractivity contribution in [1.82, 2.24) is 4.90 Å². The highest BCUT2D eigenvalue weighted by atomic mass is 32.2. The maximum atomic E-state index is 12.5. The SMILES string of the molecule is CC(C)(C)OC(=O)N(CCOCCOCCOCCOCCOCCOCCOCCOCCOCCOCCOS(C)(=O)=O)C(=O)OC(C)(C)C. The van der Waals surface area contributed by atoms with Gasteiger partial charge < -0.3 is 56.8 Å². The third kappa shape index (κ3) is 38.0. The Morgan fingerprint density at radius 2 is 0.615 bits per heavy atom. The molecule has 52 heavy (non-hydrogen) atoms. The highest BCUT2D eigenvalue weighted by molar-refractivity contribution is 7.85. The Balaban J connectivity index is 3.43. The van der Waals surface area contributed by atoms with Crippen LogP contribution in [0.4, 0.5) is 9.59 Å². The summed E-state index contributed by atoms with van der Waals surface area (Å²) in [5, 5.41) is 0. The van der Waals surface area contributed by atoms with Gasteiger partial charge in [0.2, 0.25) is 0 Å². The molecule has 310 valence electrons. The number of ether oxygens (including phenoxy) is 12. The molecule has 0 fully saturated rings. The predicted molar refractivity (Wildman–Crippen MR) is 188 cm³/mol. The van der Waals surface area contributed by atoms with Crippen molar-refractivity contribution in [1.29, 1.82) is 0 Å². The summed E-state index contributed by atoms with van der Waals surface area (Å²) in [4.78, 5) is 25.8. The Kier molecular flexibility index (Phi) is 30.5. The zero-order chi connectivity index (χ0) is 39.0. The van der Waals surface area contributed by atoms with Crippen LogP contribution in [0.5, 0.6) is 0 Å². The number of nitrogens with zero attached hydrogens (tertiary/aromatic N) is 1. The minimum absolute atomic E-state index is 0.0131. The molecule has 18 nitrogen and oxygen atoms in total. The van der Waals surface area contributed by atoms with Crippen molar-refractivity contribution < 1.29 is 79.0 Å². The van der Waals surface area contributed by atoms with Crippen molar-refractivity contribution in [3.63, 3.8) is 0 Å². The molecule has 0 N–H and O–H groups in total. The summed E-state index contributed by atoms with van der Waals surface area (Å²) in [6.45, 7) is 18.0. The fraction of sp³-hybridized carbons (Fsp3) is 0.939. The van der Waals surface area contributed by atoms with Gasteiger partial charge in [0, 0.05) is 0 Å². The van der Waals surface area contributed by atoms with Crippen molar-refractivity contribution in [3.05, 3.63) is 0 Å². The average Bonchev–Trinajstić information content (AvgIpc) is 3.02. The molecule has 0 rings (SSSR count). The van der Waals surface area contributed by atoms with Gasteiger partial charge in [-0.25, -0.2) is 14.5 Å². The van der Waals surface area contributed by atoms with Gasteiger partial charge in [-0.1, -0.05) is 0 Å². The normalized spacial score (nSPS) is 12.3. The Morgan fingerprint density at radius 1 is 0.404 bits per heavy atom. The Hall–Kier alpha value is -1.75. The van der Waals surface area contributed by atoms with E-state index in [1.807, 2.05) is 0 Å². The Morgan fingerprint density at radius 3 is 0.827 bits per heavy atom. The fourth-order valence-corrected chi connectivity index (χ4v) is 3.74. The summed E-state index contributed by atoms with van der Waals surface area (Å²) in [6, 6.07) is 0. The van der Waals surface area contributed by atoms with Crippen LogP contribution in [0.25, 0.3) is 0 Å². The summed E-state index contributed by atoms with van der Waals surface area (Å²) in [7, 11) is -3.44. The highest BCUT2D eigenvalue weighted by Crippen LogP contribution is 2.14. The monoisotopic (exact) mass is 779 g/mol. The molecular weight excluding hydrogens is 714 g/mol. The molecule has 0 heterocycles. The van der Waals surface area contributed by atoms with Crippen LogP contribution < -0.4 is 0 Å². The van der Waals surface area contributed by atoms with Gasteiger partial charge in [-0.2, -0.15) is 8.42 Å². The van der Waals surface area contributed by atoms with E-state index >= 15 is 0 Å². The molecule has 19 heteroatoms. The minimum Gasteiger partial charge on any atom is -0.443 e. The van der Waals surface area contributed by atoms with E-state index in [2.05, 4.69) is 4.18 Å². The summed E-state index contributed by atoms with van der Waals surface area (Å²) < 4.78 is 91.0. The zero-order valence-corrected chi connectivity index (χ0v) is 33.2. The lowest BCUT2D eigenvalue weighted by Crippen LogP contribution is -2.45. The number of rotatable bonds is 34. The lowest BCUT2D eigenvalue weighted by molar-refractivity contribution is -0.0274. The maximum absolute atomic E-state index is 12.5. The van der Waals surface area contributed by atoms with Crippen molar-refractivity contribution in [3.8, 4) is 0 Å². The molecule has 0 unspecified atom stereocenters. The van der Waals surface area contributed by atoms with Crippen molar-refractivity contribution in [2.24, 2.45) is 0 Å². The molecule has 0 aliphatic carbocycles. The van der Waals surface area contributed by atoms with E-state index in [-0.39, 0.29) is 33.0 Å². The van der Waals surface area contributed by atoms with Crippen molar-refractivity contribution in [2.75, 3.05) is 152 Å². The van der Waals surface area contributed by atoms with E-state index < -0.39 is 33.5 Å². The first-order valence-corrected chi connectivity index (χ1v) is 19.3. The quantitative estimate of drug-likeness (QED) is 0.0682. The van der Waals surface area contributed by atoms with Gasteiger partial charge in [0.15, 0.2) is 0 Å². The third-order valence-corrected chi connectivity index (χ3v) is 6.15. The number of carbonyl (C=O) groups excluding carboxylic acids is 2. The van der Waals surface area contributed by atoms with Gasteiger partial charge in [-0.05, 0) is 41.5 Å². The van der Waals surface area contributed by atoms with Crippen LogP contribution >= 0.6 is 0 Å². The molecular formula is C33H65NO17S. The van der Waals surface area contributed by atoms with Gasteiger partial charge in [-0.3, -0.25) is 4.18 Å². The van der Waals surface area contributed by atoms with Crippen LogP contribution in [0, 0.1) is 0 Å². The number of amides is 2. The first-order valence-electron chi connectivity index (χ1n) is 17.5. The van der Waals surface area contributed by atoms with Crippen LogP contribution in [0.1, 0.15) is 41.5 Å². The number of hydrogen-bond donors (Lipinski definition) is 0. The average molecular weight is 780 g/mol. The maximum Gasteiger partial charge on any atom is 0.419 e. The molecule has 0 aromatic carbocycles. The van der Waals surface area contributed by atoms with Gasteiger partial charge in [-0.15, -0.1) is 0 Å². The zero-order valence-electron chi connectivity index (χ0n) is 32.4. The minimum atomic E-state index is -3.44. The first-order chi connectivity index (χ1) is 24.6. The molecule has 0 radical (unpaired) electrons. The van der Waals surface area contributed by atoms with E-state index in [9.17, 15) is 18.0 Å². The lowest BCUT2D eigenvalue weighted by Gasteiger charge is -2.28. The molecule has 0 saturated carbocycles. The predicted octanol–water partition coefficient (Wildman–Crippen LogP) is 2.30. The van der Waals surface area contributed by atoms with Gasteiger partial charge in [0.25, 0.3) is 10.1 Å². The molecule has 0 aromatic heterocycles. The second-order valence-corrected chi connectivity index (χ2v) is 14.4. The molecule has 0 aliphatic heterocycles. The standard InChI is InChI=1S/C33H65NO17S/c1-32(2,3)50-30(35)34(31(36)51-33(4,5)6)8-9-39-10-11-40-12-13-41-14-15-42-16-17-43-18-19-44-20-21-45-22-23-46-24-25-47-26-27-48-28-29-49-52(7,37)38/h8-29H2,1-7H3. The number of carbonyl (C=O) groups is 2. The van der Waals surface area contributed by atoms with Crippen LogP contribution in [-0.4, -0.2) is 188 Å². The molecule has 2 amide bonds. The van der Waals surface area contributed by atoms with Crippen LogP contribution in [0.3, 0.4) is 0 Å². The summed E-state index contributed by atoms with van der Waals surface area (Å²) in [6.07, 6.45) is -0.596. The smallest absolute Gasteiger partial charge is 0.419 e. The van der Waals surface area contributed by atoms with Gasteiger partial charge in [0.1, 0.15) is 11.2 Å². The summed E-state index contributed by atoms with van der Waals surface area (Å²) in [5.74, 6) is 0. The molecule has 0 spiro atoms. The second kappa shape index (κ2) is 31.6. The molecule has 0 saturated heterocycles. The van der Waals surface area contributed by atoms with Crippen LogP contribution in [-0.2, 0) is 71.1 Å². The number of imide groups is 1. The second-order valence-electron chi connectivity index (χ2n) is 12.8. The highest BCUT2D eigenvalue weighted by Gasteiger charge is 2.30.